The highest BCUT2D eigenvalue weighted by Crippen LogP contribution is 2.27. The van der Waals surface area contributed by atoms with Gasteiger partial charge in [-0.3, -0.25) is 14.9 Å². The normalized spacial score (nSPS) is 10.1. The molecule has 0 bridgehead atoms. The number of phenols is 1. The van der Waals surface area contributed by atoms with Crippen LogP contribution in [-0.2, 0) is 0 Å². The lowest BCUT2D eigenvalue weighted by Gasteiger charge is -2.06. The Kier molecular flexibility index (Phi) is 3.99. The molecule has 0 fully saturated rings. The van der Waals surface area contributed by atoms with Crippen LogP contribution in [0.4, 0.5) is 11.4 Å². The minimum Gasteiger partial charge on any atom is -0.507 e. The van der Waals surface area contributed by atoms with Crippen LogP contribution < -0.4 is 5.32 Å². The van der Waals surface area contributed by atoms with Gasteiger partial charge in [0.2, 0.25) is 0 Å². The number of phenolic OH excluding ortho intramolecular Hbond substituents is 1. The minimum atomic E-state index is -0.562. The molecule has 7 heteroatoms. The van der Waals surface area contributed by atoms with Crippen molar-refractivity contribution in [3.63, 3.8) is 0 Å². The number of halogens is 1. The molecule has 2 aromatic carbocycles. The first-order chi connectivity index (χ1) is 9.47. The van der Waals surface area contributed by atoms with Gasteiger partial charge in [0.1, 0.15) is 5.75 Å². The third-order valence-corrected chi connectivity index (χ3v) is 3.16. The quantitative estimate of drug-likeness (QED) is 0.510. The van der Waals surface area contributed by atoms with Crippen LogP contribution in [0.1, 0.15) is 10.4 Å². The molecule has 0 aliphatic heterocycles. The van der Waals surface area contributed by atoms with E-state index >= 15 is 0 Å². The standard InChI is InChI=1S/C13H9BrN2O4/c14-11-7-9(4-5-12(11)17)15-13(18)8-2-1-3-10(6-8)16(19)20/h1-7,17H,(H,15,18). The number of nitro benzene ring substituents is 1. The summed E-state index contributed by atoms with van der Waals surface area (Å²) in [5.74, 6) is -0.412. The van der Waals surface area contributed by atoms with E-state index in [2.05, 4.69) is 21.2 Å². The Morgan fingerprint density at radius 2 is 2.00 bits per heavy atom. The largest absolute Gasteiger partial charge is 0.507 e. The van der Waals surface area contributed by atoms with Crippen molar-refractivity contribution in [2.24, 2.45) is 0 Å². The van der Waals surface area contributed by atoms with Gasteiger partial charge in [-0.05, 0) is 40.2 Å². The van der Waals surface area contributed by atoms with Gasteiger partial charge in [-0.25, -0.2) is 0 Å². The Morgan fingerprint density at radius 3 is 2.65 bits per heavy atom. The first-order valence-electron chi connectivity index (χ1n) is 5.51. The van der Waals surface area contributed by atoms with Crippen molar-refractivity contribution in [1.29, 1.82) is 0 Å². The zero-order valence-corrected chi connectivity index (χ0v) is 11.6. The van der Waals surface area contributed by atoms with E-state index in [0.29, 0.717) is 10.2 Å². The number of benzene rings is 2. The molecule has 0 aromatic heterocycles. The van der Waals surface area contributed by atoms with E-state index in [1.807, 2.05) is 0 Å². The van der Waals surface area contributed by atoms with Gasteiger partial charge in [-0.2, -0.15) is 0 Å². The fraction of sp³-hybridized carbons (Fsp3) is 0. The number of carbonyl (C=O) groups is 1. The fourth-order valence-electron chi connectivity index (χ4n) is 1.55. The fourth-order valence-corrected chi connectivity index (χ4v) is 1.93. The van der Waals surface area contributed by atoms with Crippen molar-refractivity contribution >= 4 is 33.2 Å². The first kappa shape index (κ1) is 14.0. The number of nitrogens with one attached hydrogen (secondary N) is 1. The van der Waals surface area contributed by atoms with Crippen molar-refractivity contribution in [2.75, 3.05) is 5.32 Å². The molecule has 0 aliphatic rings. The summed E-state index contributed by atoms with van der Waals surface area (Å²) in [6.45, 7) is 0. The molecule has 2 rings (SSSR count). The maximum absolute atomic E-state index is 12.0. The van der Waals surface area contributed by atoms with Gasteiger partial charge >= 0.3 is 0 Å². The van der Waals surface area contributed by atoms with Crippen molar-refractivity contribution in [3.8, 4) is 5.75 Å². The minimum absolute atomic E-state index is 0.0540. The highest BCUT2D eigenvalue weighted by atomic mass is 79.9. The van der Waals surface area contributed by atoms with E-state index < -0.39 is 10.8 Å². The molecular weight excluding hydrogens is 328 g/mol. The molecule has 6 nitrogen and oxygen atoms in total. The molecule has 2 N–H and O–H groups in total. The second-order valence-electron chi connectivity index (χ2n) is 3.93. The third-order valence-electron chi connectivity index (χ3n) is 2.52. The van der Waals surface area contributed by atoms with E-state index in [0.717, 1.165) is 0 Å². The van der Waals surface area contributed by atoms with Crippen LogP contribution in [-0.4, -0.2) is 15.9 Å². The highest BCUT2D eigenvalue weighted by Gasteiger charge is 2.12. The van der Waals surface area contributed by atoms with E-state index in [9.17, 15) is 20.0 Å². The van der Waals surface area contributed by atoms with E-state index in [-0.39, 0.29) is 17.0 Å². The summed E-state index contributed by atoms with van der Waals surface area (Å²) >= 11 is 3.13. The predicted molar refractivity (Wildman–Crippen MR) is 76.9 cm³/mol. The number of amides is 1. The molecule has 102 valence electrons. The second-order valence-corrected chi connectivity index (χ2v) is 4.78. The van der Waals surface area contributed by atoms with Crippen LogP contribution in [0.15, 0.2) is 46.9 Å². The molecule has 0 aliphatic carbocycles. The summed E-state index contributed by atoms with van der Waals surface area (Å²) in [7, 11) is 0. The molecule has 0 heterocycles. The maximum atomic E-state index is 12.0. The van der Waals surface area contributed by atoms with Crippen molar-refractivity contribution in [1.82, 2.24) is 0 Å². The molecule has 0 atom stereocenters. The molecule has 1 amide bonds. The SMILES string of the molecule is O=C(Nc1ccc(O)c(Br)c1)c1cccc([N+](=O)[O-])c1. The summed E-state index contributed by atoms with van der Waals surface area (Å²) in [6, 6.07) is 9.92. The average Bonchev–Trinajstić information content (AvgIpc) is 2.43. The monoisotopic (exact) mass is 336 g/mol. The summed E-state index contributed by atoms with van der Waals surface area (Å²) in [5, 5.41) is 22.6. The topological polar surface area (TPSA) is 92.5 Å². The van der Waals surface area contributed by atoms with Crippen LogP contribution in [0.5, 0.6) is 5.75 Å². The highest BCUT2D eigenvalue weighted by molar-refractivity contribution is 9.10. The molecular formula is C13H9BrN2O4. The van der Waals surface area contributed by atoms with E-state index in [4.69, 9.17) is 0 Å². The Morgan fingerprint density at radius 1 is 1.25 bits per heavy atom. The third kappa shape index (κ3) is 3.12. The van der Waals surface area contributed by atoms with Crippen LogP contribution in [0, 0.1) is 10.1 Å². The number of hydrogen-bond acceptors (Lipinski definition) is 4. The Hall–Kier alpha value is -2.41. The molecule has 20 heavy (non-hydrogen) atoms. The maximum Gasteiger partial charge on any atom is 0.270 e. The van der Waals surface area contributed by atoms with Gasteiger partial charge in [-0.15, -0.1) is 0 Å². The van der Waals surface area contributed by atoms with E-state index in [1.165, 1.54) is 42.5 Å². The predicted octanol–water partition coefficient (Wildman–Crippen LogP) is 3.32. The van der Waals surface area contributed by atoms with Gasteiger partial charge in [0.15, 0.2) is 0 Å². The molecule has 0 saturated carbocycles. The Bertz CT molecular complexity index is 688. The van der Waals surface area contributed by atoms with Crippen LogP contribution in [0.3, 0.4) is 0 Å². The van der Waals surface area contributed by atoms with Crippen LogP contribution in [0.2, 0.25) is 0 Å². The van der Waals surface area contributed by atoms with E-state index in [1.54, 1.807) is 0 Å². The van der Waals surface area contributed by atoms with Crippen molar-refractivity contribution in [2.45, 2.75) is 0 Å². The zero-order chi connectivity index (χ0) is 14.7. The lowest BCUT2D eigenvalue weighted by Crippen LogP contribution is -2.12. The van der Waals surface area contributed by atoms with Crippen LogP contribution in [0.25, 0.3) is 0 Å². The van der Waals surface area contributed by atoms with Crippen molar-refractivity contribution in [3.05, 3.63) is 62.6 Å². The van der Waals surface area contributed by atoms with Gasteiger partial charge < -0.3 is 10.4 Å². The lowest BCUT2D eigenvalue weighted by molar-refractivity contribution is -0.384. The molecule has 0 saturated heterocycles. The Labute approximate surface area is 122 Å². The summed E-state index contributed by atoms with van der Waals surface area (Å²) in [5.41, 5.74) is 0.499. The van der Waals surface area contributed by atoms with Gasteiger partial charge in [0.05, 0.1) is 9.40 Å². The summed E-state index contributed by atoms with van der Waals surface area (Å²) in [6.07, 6.45) is 0. The molecule has 0 radical (unpaired) electrons. The smallest absolute Gasteiger partial charge is 0.270 e. The number of nitrogens with zero attached hydrogens (tertiary/aromatic N) is 1. The zero-order valence-electron chi connectivity index (χ0n) is 10.0. The van der Waals surface area contributed by atoms with Crippen LogP contribution >= 0.6 is 15.9 Å². The number of rotatable bonds is 3. The number of carbonyl (C=O) groups excluding carboxylic acids is 1. The van der Waals surface area contributed by atoms with Crippen molar-refractivity contribution < 1.29 is 14.8 Å². The number of nitro groups is 1. The van der Waals surface area contributed by atoms with Gasteiger partial charge in [-0.1, -0.05) is 6.07 Å². The Balaban J connectivity index is 2.21. The molecule has 0 unspecified atom stereocenters. The van der Waals surface area contributed by atoms with Gasteiger partial charge in [0.25, 0.3) is 11.6 Å². The first-order valence-corrected chi connectivity index (χ1v) is 6.31. The number of anilines is 1. The average molecular weight is 337 g/mol. The summed E-state index contributed by atoms with van der Waals surface area (Å²) in [4.78, 5) is 22.1. The molecule has 2 aromatic rings. The summed E-state index contributed by atoms with van der Waals surface area (Å²) < 4.78 is 0.439. The number of hydrogen-bond donors (Lipinski definition) is 2. The van der Waals surface area contributed by atoms with Gasteiger partial charge in [0, 0.05) is 23.4 Å². The number of aromatic hydroxyl groups is 1. The lowest BCUT2D eigenvalue weighted by atomic mass is 10.2. The number of non-ortho nitro benzene ring substituents is 1. The second kappa shape index (κ2) is 5.70. The molecule has 0 spiro atoms.